The molecule has 0 aromatic heterocycles. The SMILES string of the molecule is NN1CCOC(c2ccc(Cl)cc2)C1. The van der Waals surface area contributed by atoms with Crippen LogP contribution < -0.4 is 5.84 Å². The normalized spacial score (nSPS) is 23.7. The van der Waals surface area contributed by atoms with Crippen LogP contribution in [0.3, 0.4) is 0 Å². The van der Waals surface area contributed by atoms with Gasteiger partial charge in [-0.25, -0.2) is 5.01 Å². The van der Waals surface area contributed by atoms with Gasteiger partial charge in [-0.2, -0.15) is 0 Å². The first-order chi connectivity index (χ1) is 6.75. The summed E-state index contributed by atoms with van der Waals surface area (Å²) < 4.78 is 5.61. The number of hydrogen-bond donors (Lipinski definition) is 1. The number of nitrogens with two attached hydrogens (primary N) is 1. The third kappa shape index (κ3) is 2.25. The molecule has 1 aliphatic rings. The van der Waals surface area contributed by atoms with Gasteiger partial charge in [0.1, 0.15) is 0 Å². The number of hydrazine groups is 1. The van der Waals surface area contributed by atoms with Crippen LogP contribution in [0.2, 0.25) is 5.02 Å². The summed E-state index contributed by atoms with van der Waals surface area (Å²) in [6.45, 7) is 2.22. The highest BCUT2D eigenvalue weighted by Crippen LogP contribution is 2.22. The topological polar surface area (TPSA) is 38.5 Å². The van der Waals surface area contributed by atoms with Crippen molar-refractivity contribution < 1.29 is 4.74 Å². The molecule has 2 N–H and O–H groups in total. The molecule has 0 saturated carbocycles. The van der Waals surface area contributed by atoms with E-state index in [2.05, 4.69) is 0 Å². The Balaban J connectivity index is 2.10. The molecule has 1 saturated heterocycles. The highest BCUT2D eigenvalue weighted by Gasteiger charge is 2.19. The highest BCUT2D eigenvalue weighted by atomic mass is 35.5. The fraction of sp³-hybridized carbons (Fsp3) is 0.400. The standard InChI is InChI=1S/C10H13ClN2O/c11-9-3-1-8(2-4-9)10-7-13(12)5-6-14-10/h1-4,10H,5-7,12H2. The van der Waals surface area contributed by atoms with Gasteiger partial charge in [0, 0.05) is 18.1 Å². The predicted octanol–water partition coefficient (Wildman–Crippen LogP) is 1.59. The molecule has 1 fully saturated rings. The number of morpholine rings is 1. The van der Waals surface area contributed by atoms with Crippen LogP contribution in [0.25, 0.3) is 0 Å². The summed E-state index contributed by atoms with van der Waals surface area (Å²) in [6, 6.07) is 7.70. The van der Waals surface area contributed by atoms with Gasteiger partial charge in [-0.15, -0.1) is 0 Å². The van der Waals surface area contributed by atoms with Crippen LogP contribution in [0.5, 0.6) is 0 Å². The van der Waals surface area contributed by atoms with Crippen molar-refractivity contribution in [1.82, 2.24) is 5.01 Å². The van der Waals surface area contributed by atoms with Crippen LogP contribution in [0.1, 0.15) is 11.7 Å². The second-order valence-corrected chi connectivity index (χ2v) is 3.84. The van der Waals surface area contributed by atoms with E-state index < -0.39 is 0 Å². The van der Waals surface area contributed by atoms with Gasteiger partial charge < -0.3 is 4.74 Å². The number of ether oxygens (including phenoxy) is 1. The van der Waals surface area contributed by atoms with E-state index in [1.54, 1.807) is 5.01 Å². The second-order valence-electron chi connectivity index (χ2n) is 3.41. The van der Waals surface area contributed by atoms with Crippen molar-refractivity contribution in [3.05, 3.63) is 34.9 Å². The molecule has 0 spiro atoms. The van der Waals surface area contributed by atoms with Crippen LogP contribution >= 0.6 is 11.6 Å². The lowest BCUT2D eigenvalue weighted by atomic mass is 10.1. The number of rotatable bonds is 1. The summed E-state index contributed by atoms with van der Waals surface area (Å²) in [6.07, 6.45) is 0.0750. The minimum atomic E-state index is 0.0750. The summed E-state index contributed by atoms with van der Waals surface area (Å²) in [5.74, 6) is 5.72. The lowest BCUT2D eigenvalue weighted by Gasteiger charge is -2.29. The maximum atomic E-state index is 5.80. The molecule has 14 heavy (non-hydrogen) atoms. The molecule has 2 rings (SSSR count). The summed E-state index contributed by atoms with van der Waals surface area (Å²) in [5.41, 5.74) is 1.13. The number of nitrogens with zero attached hydrogens (tertiary/aromatic N) is 1. The van der Waals surface area contributed by atoms with Gasteiger partial charge in [0.15, 0.2) is 0 Å². The summed E-state index contributed by atoms with van der Waals surface area (Å²) >= 11 is 5.80. The molecule has 1 atom stereocenters. The predicted molar refractivity (Wildman–Crippen MR) is 55.9 cm³/mol. The molecule has 4 heteroatoms. The van der Waals surface area contributed by atoms with Crippen molar-refractivity contribution in [2.75, 3.05) is 19.7 Å². The van der Waals surface area contributed by atoms with Gasteiger partial charge in [0.2, 0.25) is 0 Å². The van der Waals surface area contributed by atoms with Gasteiger partial charge >= 0.3 is 0 Å². The van der Waals surface area contributed by atoms with Gasteiger partial charge in [-0.3, -0.25) is 5.84 Å². The number of benzene rings is 1. The molecular weight excluding hydrogens is 200 g/mol. The van der Waals surface area contributed by atoms with Crippen LogP contribution in [0.4, 0.5) is 0 Å². The Bertz CT molecular complexity index is 301. The van der Waals surface area contributed by atoms with Crippen molar-refractivity contribution in [1.29, 1.82) is 0 Å². The molecule has 1 aromatic carbocycles. The first kappa shape index (κ1) is 9.93. The molecule has 0 radical (unpaired) electrons. The van der Waals surface area contributed by atoms with Crippen molar-refractivity contribution in [2.24, 2.45) is 5.84 Å². The summed E-state index contributed by atoms with van der Waals surface area (Å²) in [7, 11) is 0. The van der Waals surface area contributed by atoms with E-state index in [4.69, 9.17) is 22.2 Å². The van der Waals surface area contributed by atoms with E-state index in [1.165, 1.54) is 0 Å². The van der Waals surface area contributed by atoms with Crippen LogP contribution in [0.15, 0.2) is 24.3 Å². The lowest BCUT2D eigenvalue weighted by molar-refractivity contribution is -0.0304. The molecule has 1 unspecified atom stereocenters. The van der Waals surface area contributed by atoms with Gasteiger partial charge in [0.05, 0.1) is 12.7 Å². The van der Waals surface area contributed by atoms with Crippen LogP contribution in [0, 0.1) is 0 Å². The Hall–Kier alpha value is -0.610. The van der Waals surface area contributed by atoms with E-state index in [0.717, 1.165) is 23.7 Å². The summed E-state index contributed by atoms with van der Waals surface area (Å²) in [4.78, 5) is 0. The first-order valence-corrected chi connectivity index (χ1v) is 5.00. The Labute approximate surface area is 88.4 Å². The molecular formula is C10H13ClN2O. The second kappa shape index (κ2) is 4.28. The van der Waals surface area contributed by atoms with Crippen molar-refractivity contribution >= 4 is 11.6 Å². The maximum Gasteiger partial charge on any atom is 0.0966 e. The minimum absolute atomic E-state index is 0.0750. The smallest absolute Gasteiger partial charge is 0.0966 e. The zero-order chi connectivity index (χ0) is 9.97. The molecule has 1 aliphatic heterocycles. The fourth-order valence-electron chi connectivity index (χ4n) is 1.55. The molecule has 0 amide bonds. The Morgan fingerprint density at radius 3 is 2.71 bits per heavy atom. The van der Waals surface area contributed by atoms with Crippen molar-refractivity contribution in [3.8, 4) is 0 Å². The lowest BCUT2D eigenvalue weighted by Crippen LogP contribution is -2.42. The Morgan fingerprint density at radius 1 is 1.36 bits per heavy atom. The van der Waals surface area contributed by atoms with E-state index >= 15 is 0 Å². The first-order valence-electron chi connectivity index (χ1n) is 4.62. The van der Waals surface area contributed by atoms with E-state index in [0.29, 0.717) is 6.61 Å². The highest BCUT2D eigenvalue weighted by molar-refractivity contribution is 6.30. The van der Waals surface area contributed by atoms with E-state index in [9.17, 15) is 0 Å². The Kier molecular flexibility index (Phi) is 3.03. The van der Waals surface area contributed by atoms with Gasteiger partial charge in [0.25, 0.3) is 0 Å². The zero-order valence-electron chi connectivity index (χ0n) is 7.82. The van der Waals surface area contributed by atoms with Crippen LogP contribution in [-0.4, -0.2) is 24.7 Å². The molecule has 3 nitrogen and oxygen atoms in total. The molecule has 1 heterocycles. The van der Waals surface area contributed by atoms with Gasteiger partial charge in [-0.05, 0) is 17.7 Å². The van der Waals surface area contributed by atoms with Crippen LogP contribution in [-0.2, 0) is 4.74 Å². The average Bonchev–Trinajstić information content (AvgIpc) is 2.19. The monoisotopic (exact) mass is 212 g/mol. The molecule has 76 valence electrons. The number of hydrogen-bond acceptors (Lipinski definition) is 3. The minimum Gasteiger partial charge on any atom is -0.371 e. The van der Waals surface area contributed by atoms with E-state index in [1.807, 2.05) is 24.3 Å². The van der Waals surface area contributed by atoms with Gasteiger partial charge in [-0.1, -0.05) is 23.7 Å². The third-order valence-corrected chi connectivity index (χ3v) is 2.59. The zero-order valence-corrected chi connectivity index (χ0v) is 8.57. The quantitative estimate of drug-likeness (QED) is 0.719. The number of halogens is 1. The Morgan fingerprint density at radius 2 is 2.07 bits per heavy atom. The molecule has 0 aliphatic carbocycles. The molecule has 1 aromatic rings. The maximum absolute atomic E-state index is 5.80. The average molecular weight is 213 g/mol. The largest absolute Gasteiger partial charge is 0.371 e. The molecule has 0 bridgehead atoms. The van der Waals surface area contributed by atoms with E-state index in [-0.39, 0.29) is 6.10 Å². The van der Waals surface area contributed by atoms with Crippen molar-refractivity contribution in [2.45, 2.75) is 6.10 Å². The van der Waals surface area contributed by atoms with Crippen molar-refractivity contribution in [3.63, 3.8) is 0 Å². The third-order valence-electron chi connectivity index (χ3n) is 2.34. The summed E-state index contributed by atoms with van der Waals surface area (Å²) in [5, 5.41) is 2.53. The fourth-order valence-corrected chi connectivity index (χ4v) is 1.67.